The summed E-state index contributed by atoms with van der Waals surface area (Å²) >= 11 is 0. The first-order valence-corrected chi connectivity index (χ1v) is 7.94. The van der Waals surface area contributed by atoms with Gasteiger partial charge in [0.05, 0.1) is 17.5 Å². The van der Waals surface area contributed by atoms with E-state index in [2.05, 4.69) is 0 Å². The Morgan fingerprint density at radius 1 is 0.739 bits per heavy atom. The van der Waals surface area contributed by atoms with Crippen molar-refractivity contribution < 1.29 is 9.59 Å². The lowest BCUT2D eigenvalue weighted by Crippen LogP contribution is -2.31. The van der Waals surface area contributed by atoms with E-state index in [4.69, 9.17) is 0 Å². The van der Waals surface area contributed by atoms with E-state index in [1.165, 1.54) is 4.90 Å². The maximum Gasteiger partial charge on any atom is 0.238 e. The lowest BCUT2D eigenvalue weighted by molar-refractivity contribution is -0.122. The fraction of sp³-hybridized carbons (Fsp3) is 0.200. The Hall–Kier alpha value is -2.68. The molecule has 1 saturated heterocycles. The number of hydrogen-bond acceptors (Lipinski definition) is 2. The number of fused-ring (bicyclic) bond motifs is 1. The monoisotopic (exact) mass is 303 g/mol. The first kappa shape index (κ1) is 13.9. The number of rotatable bonds is 2. The molecule has 0 radical (unpaired) electrons. The van der Waals surface area contributed by atoms with Gasteiger partial charge in [-0.25, -0.2) is 4.90 Å². The van der Waals surface area contributed by atoms with Crippen molar-refractivity contribution in [1.82, 2.24) is 0 Å². The zero-order valence-electron chi connectivity index (χ0n) is 12.7. The van der Waals surface area contributed by atoms with E-state index in [-0.39, 0.29) is 23.7 Å². The van der Waals surface area contributed by atoms with E-state index in [1.807, 2.05) is 66.7 Å². The van der Waals surface area contributed by atoms with Gasteiger partial charge in [-0.05, 0) is 24.5 Å². The molecule has 0 saturated carbocycles. The van der Waals surface area contributed by atoms with Gasteiger partial charge < -0.3 is 0 Å². The average Bonchev–Trinajstić information content (AvgIpc) is 2.87. The maximum atomic E-state index is 12.8. The Morgan fingerprint density at radius 2 is 1.30 bits per heavy atom. The van der Waals surface area contributed by atoms with Gasteiger partial charge in [-0.15, -0.1) is 0 Å². The predicted octanol–water partition coefficient (Wildman–Crippen LogP) is 3.81. The molecule has 2 aliphatic rings. The Balaban J connectivity index is 1.80. The van der Waals surface area contributed by atoms with Gasteiger partial charge in [-0.2, -0.15) is 0 Å². The van der Waals surface area contributed by atoms with E-state index < -0.39 is 0 Å². The third-order valence-corrected chi connectivity index (χ3v) is 4.74. The number of hydrogen-bond donors (Lipinski definition) is 0. The number of amides is 2. The summed E-state index contributed by atoms with van der Waals surface area (Å²) in [5.74, 6) is -0.520. The molecule has 1 aliphatic heterocycles. The molecule has 2 aromatic rings. The van der Waals surface area contributed by atoms with Gasteiger partial charge in [0.25, 0.3) is 0 Å². The smallest absolute Gasteiger partial charge is 0.238 e. The minimum atomic E-state index is -0.198. The SMILES string of the molecule is O=C1[C@H]2CC=CC[C@H]2C(=O)N1c1ccccc1-c1ccccc1. The summed E-state index contributed by atoms with van der Waals surface area (Å²) in [4.78, 5) is 27.0. The standard InChI is InChI=1S/C20H17NO2/c22-19-16-11-4-5-12-17(16)20(23)21(19)18-13-7-6-10-15(18)14-8-2-1-3-9-14/h1-10,13,16-17H,11-12H2/t16-,17+. The second-order valence-corrected chi connectivity index (χ2v) is 6.05. The number of nitrogens with zero attached hydrogens (tertiary/aromatic N) is 1. The Bertz CT molecular complexity index is 768. The summed E-state index contributed by atoms with van der Waals surface area (Å²) in [6.07, 6.45) is 5.36. The highest BCUT2D eigenvalue weighted by molar-refractivity contribution is 6.23. The van der Waals surface area contributed by atoms with Crippen LogP contribution in [0.25, 0.3) is 11.1 Å². The molecular weight excluding hydrogens is 286 g/mol. The topological polar surface area (TPSA) is 37.4 Å². The molecular formula is C20H17NO2. The van der Waals surface area contributed by atoms with Crippen LogP contribution in [0.15, 0.2) is 66.7 Å². The van der Waals surface area contributed by atoms with Crippen LogP contribution in [0.4, 0.5) is 5.69 Å². The number of anilines is 1. The third-order valence-electron chi connectivity index (χ3n) is 4.74. The van der Waals surface area contributed by atoms with Gasteiger partial charge in [0.15, 0.2) is 0 Å². The van der Waals surface area contributed by atoms with Crippen molar-refractivity contribution in [3.63, 3.8) is 0 Å². The molecule has 3 nitrogen and oxygen atoms in total. The van der Waals surface area contributed by atoms with Crippen molar-refractivity contribution in [3.05, 3.63) is 66.7 Å². The average molecular weight is 303 g/mol. The van der Waals surface area contributed by atoms with Crippen molar-refractivity contribution in [1.29, 1.82) is 0 Å². The van der Waals surface area contributed by atoms with Gasteiger partial charge in [-0.3, -0.25) is 9.59 Å². The summed E-state index contributed by atoms with van der Waals surface area (Å²) < 4.78 is 0. The van der Waals surface area contributed by atoms with E-state index in [1.54, 1.807) is 0 Å². The van der Waals surface area contributed by atoms with Gasteiger partial charge >= 0.3 is 0 Å². The normalized spacial score (nSPS) is 23.2. The number of benzene rings is 2. The van der Waals surface area contributed by atoms with E-state index >= 15 is 0 Å². The molecule has 4 rings (SSSR count). The van der Waals surface area contributed by atoms with Crippen LogP contribution in [0, 0.1) is 11.8 Å². The Kier molecular flexibility index (Phi) is 3.34. The first-order chi connectivity index (χ1) is 11.3. The highest BCUT2D eigenvalue weighted by atomic mass is 16.2. The van der Waals surface area contributed by atoms with Gasteiger partial charge in [-0.1, -0.05) is 60.7 Å². The molecule has 0 unspecified atom stereocenters. The molecule has 0 aromatic heterocycles. The van der Waals surface area contributed by atoms with Crippen LogP contribution >= 0.6 is 0 Å². The lowest BCUT2D eigenvalue weighted by Gasteiger charge is -2.19. The zero-order chi connectivity index (χ0) is 15.8. The van der Waals surface area contributed by atoms with Crippen LogP contribution in [0.3, 0.4) is 0 Å². The lowest BCUT2D eigenvalue weighted by atomic mass is 9.85. The summed E-state index contributed by atoms with van der Waals surface area (Å²) in [6.45, 7) is 0. The number of allylic oxidation sites excluding steroid dienone is 2. The summed E-state index contributed by atoms with van der Waals surface area (Å²) in [5, 5.41) is 0. The largest absolute Gasteiger partial charge is 0.274 e. The van der Waals surface area contributed by atoms with Gasteiger partial charge in [0, 0.05) is 5.56 Å². The van der Waals surface area contributed by atoms with Crippen molar-refractivity contribution in [3.8, 4) is 11.1 Å². The summed E-state index contributed by atoms with van der Waals surface area (Å²) in [7, 11) is 0. The molecule has 2 aromatic carbocycles. The minimum absolute atomic E-state index is 0.0623. The molecule has 2 amide bonds. The molecule has 2 atom stereocenters. The summed E-state index contributed by atoms with van der Waals surface area (Å²) in [6, 6.07) is 17.5. The molecule has 114 valence electrons. The van der Waals surface area contributed by atoms with Crippen LogP contribution < -0.4 is 4.90 Å². The molecule has 0 spiro atoms. The van der Waals surface area contributed by atoms with Crippen LogP contribution in [0.1, 0.15) is 12.8 Å². The highest BCUT2D eigenvalue weighted by Gasteiger charge is 2.48. The van der Waals surface area contributed by atoms with Gasteiger partial charge in [0.2, 0.25) is 11.8 Å². The van der Waals surface area contributed by atoms with Gasteiger partial charge in [0.1, 0.15) is 0 Å². The second-order valence-electron chi connectivity index (χ2n) is 6.05. The first-order valence-electron chi connectivity index (χ1n) is 7.94. The van der Waals surface area contributed by atoms with Crippen molar-refractivity contribution in [2.45, 2.75) is 12.8 Å². The van der Waals surface area contributed by atoms with Crippen molar-refractivity contribution >= 4 is 17.5 Å². The predicted molar refractivity (Wildman–Crippen MR) is 89.7 cm³/mol. The fourth-order valence-electron chi connectivity index (χ4n) is 3.57. The number of carbonyl (C=O) groups excluding carboxylic acids is 2. The minimum Gasteiger partial charge on any atom is -0.274 e. The van der Waals surface area contributed by atoms with Crippen LogP contribution in [-0.4, -0.2) is 11.8 Å². The number of para-hydroxylation sites is 1. The third kappa shape index (κ3) is 2.20. The number of imide groups is 1. The maximum absolute atomic E-state index is 12.8. The molecule has 0 bridgehead atoms. The number of carbonyl (C=O) groups is 2. The van der Waals surface area contributed by atoms with Crippen LogP contribution in [-0.2, 0) is 9.59 Å². The van der Waals surface area contributed by atoms with Crippen LogP contribution in [0.5, 0.6) is 0 Å². The molecule has 1 heterocycles. The van der Waals surface area contributed by atoms with Crippen LogP contribution in [0.2, 0.25) is 0 Å². The molecule has 3 heteroatoms. The molecule has 23 heavy (non-hydrogen) atoms. The Morgan fingerprint density at radius 3 is 1.96 bits per heavy atom. The highest BCUT2D eigenvalue weighted by Crippen LogP contribution is 2.40. The zero-order valence-corrected chi connectivity index (χ0v) is 12.7. The van der Waals surface area contributed by atoms with E-state index in [0.717, 1.165) is 11.1 Å². The van der Waals surface area contributed by atoms with Crippen molar-refractivity contribution in [2.24, 2.45) is 11.8 Å². The van der Waals surface area contributed by atoms with Crippen molar-refractivity contribution in [2.75, 3.05) is 4.90 Å². The molecule has 1 fully saturated rings. The van der Waals surface area contributed by atoms with E-state index in [0.29, 0.717) is 18.5 Å². The second kappa shape index (κ2) is 5.51. The quantitative estimate of drug-likeness (QED) is 0.625. The van der Waals surface area contributed by atoms with E-state index in [9.17, 15) is 9.59 Å². The molecule has 1 aliphatic carbocycles. The summed E-state index contributed by atoms with van der Waals surface area (Å²) in [5.41, 5.74) is 2.63. The Labute approximate surface area is 135 Å². The molecule has 0 N–H and O–H groups in total. The fourth-order valence-corrected chi connectivity index (χ4v) is 3.57.